The van der Waals surface area contributed by atoms with E-state index < -0.39 is 0 Å². The van der Waals surface area contributed by atoms with Gasteiger partial charge in [-0.25, -0.2) is 0 Å². The number of morpholine rings is 1. The number of nitrogens with zero attached hydrogens (tertiary/aromatic N) is 1. The van der Waals surface area contributed by atoms with Crippen molar-refractivity contribution in [3.8, 4) is 0 Å². The van der Waals surface area contributed by atoms with Crippen molar-refractivity contribution in [1.29, 1.82) is 0 Å². The highest BCUT2D eigenvalue weighted by Gasteiger charge is 2.41. The van der Waals surface area contributed by atoms with Crippen molar-refractivity contribution in [1.82, 2.24) is 10.2 Å². The van der Waals surface area contributed by atoms with Crippen LogP contribution in [0.2, 0.25) is 0 Å². The van der Waals surface area contributed by atoms with Crippen molar-refractivity contribution in [2.75, 3.05) is 40.0 Å². The van der Waals surface area contributed by atoms with Crippen molar-refractivity contribution in [2.45, 2.75) is 25.1 Å². The van der Waals surface area contributed by atoms with Crippen molar-refractivity contribution >= 4 is 0 Å². The maximum absolute atomic E-state index is 5.76. The Morgan fingerprint density at radius 2 is 2.36 bits per heavy atom. The second kappa shape index (κ2) is 4.14. The zero-order chi connectivity index (χ0) is 10.0. The molecule has 2 rings (SSSR count). The van der Waals surface area contributed by atoms with Crippen LogP contribution in [-0.4, -0.2) is 56.6 Å². The van der Waals surface area contributed by atoms with Gasteiger partial charge in [0, 0.05) is 13.1 Å². The Morgan fingerprint density at radius 1 is 1.50 bits per heavy atom. The van der Waals surface area contributed by atoms with Gasteiger partial charge in [-0.15, -0.1) is 0 Å². The third-order valence-corrected chi connectivity index (χ3v) is 3.33. The summed E-state index contributed by atoms with van der Waals surface area (Å²) < 4.78 is 11.3. The molecule has 0 aromatic heterocycles. The SMILES string of the molecule is CCC1NCC2(COCCN2C)CO1. The molecule has 2 aliphatic rings. The minimum atomic E-state index is 0.0733. The minimum absolute atomic E-state index is 0.0733. The predicted octanol–water partition coefficient (Wildman–Crippen LogP) is 0.0431. The molecule has 2 heterocycles. The molecule has 2 saturated heterocycles. The molecule has 0 aliphatic carbocycles. The lowest BCUT2D eigenvalue weighted by Gasteiger charge is -2.48. The van der Waals surface area contributed by atoms with Crippen molar-refractivity contribution in [2.24, 2.45) is 0 Å². The number of nitrogens with one attached hydrogen (secondary N) is 1. The van der Waals surface area contributed by atoms with E-state index >= 15 is 0 Å². The van der Waals surface area contributed by atoms with E-state index in [2.05, 4.69) is 24.2 Å². The number of rotatable bonds is 1. The molecule has 1 N–H and O–H groups in total. The third kappa shape index (κ3) is 1.80. The van der Waals surface area contributed by atoms with Crippen molar-refractivity contribution < 1.29 is 9.47 Å². The highest BCUT2D eigenvalue weighted by molar-refractivity contribution is 4.96. The number of hydrogen-bond acceptors (Lipinski definition) is 4. The molecule has 2 unspecified atom stereocenters. The first-order valence-corrected chi connectivity index (χ1v) is 5.41. The number of ether oxygens (including phenoxy) is 2. The average Bonchev–Trinajstić information content (AvgIpc) is 2.24. The normalized spacial score (nSPS) is 40.3. The van der Waals surface area contributed by atoms with Gasteiger partial charge in [-0.1, -0.05) is 6.92 Å². The molecular weight excluding hydrogens is 180 g/mol. The van der Waals surface area contributed by atoms with Gasteiger partial charge >= 0.3 is 0 Å². The lowest BCUT2D eigenvalue weighted by molar-refractivity contribution is -0.142. The van der Waals surface area contributed by atoms with Gasteiger partial charge in [-0.05, 0) is 13.5 Å². The fourth-order valence-electron chi connectivity index (χ4n) is 2.08. The summed E-state index contributed by atoms with van der Waals surface area (Å²) in [6.45, 7) is 6.53. The van der Waals surface area contributed by atoms with E-state index in [0.29, 0.717) is 0 Å². The molecule has 0 aromatic rings. The Kier molecular flexibility index (Phi) is 3.07. The molecule has 0 radical (unpaired) electrons. The highest BCUT2D eigenvalue weighted by Crippen LogP contribution is 2.22. The Balaban J connectivity index is 1.96. The van der Waals surface area contributed by atoms with Crippen LogP contribution in [0.15, 0.2) is 0 Å². The first kappa shape index (κ1) is 10.4. The lowest BCUT2D eigenvalue weighted by atomic mass is 9.97. The molecule has 82 valence electrons. The highest BCUT2D eigenvalue weighted by atomic mass is 16.5. The summed E-state index contributed by atoms with van der Waals surface area (Å²) >= 11 is 0. The summed E-state index contributed by atoms with van der Waals surface area (Å²) in [6, 6.07) is 0. The van der Waals surface area contributed by atoms with E-state index in [-0.39, 0.29) is 11.8 Å². The van der Waals surface area contributed by atoms with Crippen LogP contribution in [0.5, 0.6) is 0 Å². The molecule has 0 bridgehead atoms. The topological polar surface area (TPSA) is 33.7 Å². The monoisotopic (exact) mass is 200 g/mol. The average molecular weight is 200 g/mol. The second-order valence-corrected chi connectivity index (χ2v) is 4.29. The van der Waals surface area contributed by atoms with Crippen LogP contribution in [0.3, 0.4) is 0 Å². The molecule has 0 aromatic carbocycles. The van der Waals surface area contributed by atoms with Crippen LogP contribution in [0.4, 0.5) is 0 Å². The van der Waals surface area contributed by atoms with Gasteiger partial charge in [0.05, 0.1) is 25.4 Å². The van der Waals surface area contributed by atoms with Crippen LogP contribution in [0.1, 0.15) is 13.3 Å². The van der Waals surface area contributed by atoms with Gasteiger partial charge < -0.3 is 9.47 Å². The summed E-state index contributed by atoms with van der Waals surface area (Å²) in [4.78, 5) is 2.36. The van der Waals surface area contributed by atoms with Crippen LogP contribution in [0, 0.1) is 0 Å². The van der Waals surface area contributed by atoms with Crippen molar-refractivity contribution in [3.63, 3.8) is 0 Å². The molecule has 0 saturated carbocycles. The Bertz CT molecular complexity index is 191. The quantitative estimate of drug-likeness (QED) is 0.648. The van der Waals surface area contributed by atoms with E-state index in [1.54, 1.807) is 0 Å². The lowest BCUT2D eigenvalue weighted by Crippen LogP contribution is -2.67. The van der Waals surface area contributed by atoms with E-state index in [1.165, 1.54) is 0 Å². The van der Waals surface area contributed by atoms with E-state index in [1.807, 2.05) is 0 Å². The Labute approximate surface area is 85.5 Å². The first-order chi connectivity index (χ1) is 6.77. The van der Waals surface area contributed by atoms with Crippen LogP contribution in [-0.2, 0) is 9.47 Å². The maximum atomic E-state index is 5.76. The van der Waals surface area contributed by atoms with E-state index in [0.717, 1.165) is 39.3 Å². The Hall–Kier alpha value is -0.160. The van der Waals surface area contributed by atoms with Crippen LogP contribution in [0.25, 0.3) is 0 Å². The van der Waals surface area contributed by atoms with Crippen LogP contribution >= 0.6 is 0 Å². The van der Waals surface area contributed by atoms with Gasteiger partial charge in [-0.2, -0.15) is 0 Å². The van der Waals surface area contributed by atoms with Crippen LogP contribution < -0.4 is 5.32 Å². The Morgan fingerprint density at radius 3 is 2.93 bits per heavy atom. The summed E-state index contributed by atoms with van der Waals surface area (Å²) in [7, 11) is 2.15. The summed E-state index contributed by atoms with van der Waals surface area (Å²) in [5, 5.41) is 3.42. The third-order valence-electron chi connectivity index (χ3n) is 3.33. The van der Waals surface area contributed by atoms with E-state index in [4.69, 9.17) is 9.47 Å². The maximum Gasteiger partial charge on any atom is 0.108 e. The zero-order valence-corrected chi connectivity index (χ0v) is 9.08. The molecule has 1 spiro atoms. The van der Waals surface area contributed by atoms with Crippen molar-refractivity contribution in [3.05, 3.63) is 0 Å². The molecule has 0 amide bonds. The second-order valence-electron chi connectivity index (χ2n) is 4.29. The molecule has 2 fully saturated rings. The largest absolute Gasteiger partial charge is 0.378 e. The minimum Gasteiger partial charge on any atom is -0.378 e. The number of likely N-dealkylation sites (N-methyl/N-ethyl adjacent to an activating group) is 1. The summed E-state index contributed by atoms with van der Waals surface area (Å²) in [6.07, 6.45) is 1.26. The van der Waals surface area contributed by atoms with Gasteiger partial charge in [0.25, 0.3) is 0 Å². The van der Waals surface area contributed by atoms with Gasteiger partial charge in [0.1, 0.15) is 6.23 Å². The van der Waals surface area contributed by atoms with E-state index in [9.17, 15) is 0 Å². The van der Waals surface area contributed by atoms with Gasteiger partial charge in [-0.3, -0.25) is 10.2 Å². The molecular formula is C10H20N2O2. The zero-order valence-electron chi connectivity index (χ0n) is 9.08. The molecule has 2 atom stereocenters. The molecule has 4 heteroatoms. The smallest absolute Gasteiger partial charge is 0.108 e. The fourth-order valence-corrected chi connectivity index (χ4v) is 2.08. The first-order valence-electron chi connectivity index (χ1n) is 5.41. The van der Waals surface area contributed by atoms with Gasteiger partial charge in [0.15, 0.2) is 0 Å². The standard InChI is InChI=1S/C10H20N2O2/c1-3-9-11-6-10(8-14-9)7-13-5-4-12(10)2/h9,11H,3-8H2,1-2H3. The predicted molar refractivity (Wildman–Crippen MR) is 54.2 cm³/mol. The molecule has 4 nitrogen and oxygen atoms in total. The summed E-state index contributed by atoms with van der Waals surface area (Å²) in [5.41, 5.74) is 0.0733. The molecule has 14 heavy (non-hydrogen) atoms. The molecule has 2 aliphatic heterocycles. The fraction of sp³-hybridized carbons (Fsp3) is 1.00. The number of hydrogen-bond donors (Lipinski definition) is 1. The van der Waals surface area contributed by atoms with Gasteiger partial charge in [0.2, 0.25) is 0 Å². The summed E-state index contributed by atoms with van der Waals surface area (Å²) in [5.74, 6) is 0.